The van der Waals surface area contributed by atoms with Crippen LogP contribution in [0.25, 0.3) is 0 Å². The molecule has 1 aromatic heterocycles. The molecule has 1 unspecified atom stereocenters. The number of benzene rings is 1. The van der Waals surface area contributed by atoms with Crippen LogP contribution >= 0.6 is 11.6 Å². The molecule has 0 fully saturated rings. The first-order valence-electron chi connectivity index (χ1n) is 6.30. The van der Waals surface area contributed by atoms with E-state index in [1.165, 1.54) is 0 Å². The van der Waals surface area contributed by atoms with Crippen LogP contribution in [-0.2, 0) is 0 Å². The van der Waals surface area contributed by atoms with Gasteiger partial charge in [0.2, 0.25) is 0 Å². The van der Waals surface area contributed by atoms with Crippen LogP contribution in [0.1, 0.15) is 24.1 Å². The zero-order valence-electron chi connectivity index (χ0n) is 11.4. The van der Waals surface area contributed by atoms with Gasteiger partial charge < -0.3 is 10.6 Å². The molecule has 0 spiro atoms. The topological polar surface area (TPSA) is 54.0 Å². The number of hydrogen-bond acceptors (Lipinski definition) is 2. The molecule has 0 aliphatic carbocycles. The van der Waals surface area contributed by atoms with Gasteiger partial charge in [-0.1, -0.05) is 17.7 Å². The SMILES string of the molecule is Cc1ccc(NC(=O)NC(C)c2ccncc2)cc1Cl. The molecule has 2 aromatic rings. The Hall–Kier alpha value is -2.07. The fourth-order valence-electron chi connectivity index (χ4n) is 1.77. The van der Waals surface area contributed by atoms with E-state index in [-0.39, 0.29) is 12.1 Å². The number of aryl methyl sites for hydroxylation is 1. The number of amides is 2. The molecule has 2 rings (SSSR count). The molecule has 0 aliphatic heterocycles. The normalized spacial score (nSPS) is 11.8. The molecule has 0 radical (unpaired) electrons. The third kappa shape index (κ3) is 3.71. The summed E-state index contributed by atoms with van der Waals surface area (Å²) in [4.78, 5) is 15.9. The molecule has 5 heteroatoms. The van der Waals surface area contributed by atoms with E-state index < -0.39 is 0 Å². The molecule has 1 atom stereocenters. The number of anilines is 1. The summed E-state index contributed by atoms with van der Waals surface area (Å²) in [7, 11) is 0. The second-order valence-electron chi connectivity index (χ2n) is 4.56. The fourth-order valence-corrected chi connectivity index (χ4v) is 1.95. The Bertz CT molecular complexity index is 601. The Kier molecular flexibility index (Phi) is 4.58. The van der Waals surface area contributed by atoms with Crippen molar-refractivity contribution in [2.45, 2.75) is 19.9 Å². The second kappa shape index (κ2) is 6.39. The van der Waals surface area contributed by atoms with Crippen LogP contribution in [0.5, 0.6) is 0 Å². The fraction of sp³-hybridized carbons (Fsp3) is 0.200. The van der Waals surface area contributed by atoms with Crippen molar-refractivity contribution < 1.29 is 4.79 Å². The predicted molar refractivity (Wildman–Crippen MR) is 81.0 cm³/mol. The van der Waals surface area contributed by atoms with Gasteiger partial charge >= 0.3 is 6.03 Å². The maximum absolute atomic E-state index is 11.9. The number of urea groups is 1. The third-order valence-electron chi connectivity index (χ3n) is 2.98. The Morgan fingerprint density at radius 2 is 1.95 bits per heavy atom. The molecule has 2 N–H and O–H groups in total. The summed E-state index contributed by atoms with van der Waals surface area (Å²) in [6.45, 7) is 3.83. The van der Waals surface area contributed by atoms with Crippen LogP contribution in [0.2, 0.25) is 5.02 Å². The zero-order chi connectivity index (χ0) is 14.5. The van der Waals surface area contributed by atoms with Gasteiger partial charge in [-0.3, -0.25) is 4.98 Å². The van der Waals surface area contributed by atoms with E-state index in [4.69, 9.17) is 11.6 Å². The Labute approximate surface area is 123 Å². The van der Waals surface area contributed by atoms with E-state index in [0.29, 0.717) is 10.7 Å². The Balaban J connectivity index is 1.97. The van der Waals surface area contributed by atoms with E-state index in [1.807, 2.05) is 38.1 Å². The summed E-state index contributed by atoms with van der Waals surface area (Å²) in [5, 5.41) is 6.25. The summed E-state index contributed by atoms with van der Waals surface area (Å²) in [5.41, 5.74) is 2.64. The summed E-state index contributed by atoms with van der Waals surface area (Å²) in [5.74, 6) is 0. The molecule has 0 saturated carbocycles. The smallest absolute Gasteiger partial charge is 0.319 e. The van der Waals surface area contributed by atoms with Gasteiger partial charge in [-0.2, -0.15) is 0 Å². The van der Waals surface area contributed by atoms with Gasteiger partial charge in [0, 0.05) is 23.1 Å². The van der Waals surface area contributed by atoms with Crippen molar-refractivity contribution in [3.63, 3.8) is 0 Å². The van der Waals surface area contributed by atoms with Gasteiger partial charge in [0.1, 0.15) is 0 Å². The van der Waals surface area contributed by atoms with E-state index >= 15 is 0 Å². The lowest BCUT2D eigenvalue weighted by Crippen LogP contribution is -2.31. The highest BCUT2D eigenvalue weighted by Crippen LogP contribution is 2.20. The van der Waals surface area contributed by atoms with E-state index in [9.17, 15) is 4.79 Å². The lowest BCUT2D eigenvalue weighted by Gasteiger charge is -2.15. The largest absolute Gasteiger partial charge is 0.331 e. The summed E-state index contributed by atoms with van der Waals surface area (Å²) in [6.07, 6.45) is 3.40. The van der Waals surface area contributed by atoms with Gasteiger partial charge in [-0.15, -0.1) is 0 Å². The number of aromatic nitrogens is 1. The first-order chi connectivity index (χ1) is 9.56. The van der Waals surface area contributed by atoms with Crippen molar-refractivity contribution in [3.8, 4) is 0 Å². The van der Waals surface area contributed by atoms with E-state index in [1.54, 1.807) is 18.5 Å². The molecule has 1 heterocycles. The molecule has 0 saturated heterocycles. The van der Waals surface area contributed by atoms with Crippen molar-refractivity contribution in [2.75, 3.05) is 5.32 Å². The van der Waals surface area contributed by atoms with Crippen molar-refractivity contribution in [1.82, 2.24) is 10.3 Å². The van der Waals surface area contributed by atoms with Gasteiger partial charge in [-0.25, -0.2) is 4.79 Å². The van der Waals surface area contributed by atoms with Crippen LogP contribution in [0.15, 0.2) is 42.7 Å². The molecule has 20 heavy (non-hydrogen) atoms. The molecular formula is C15H16ClN3O. The molecule has 4 nitrogen and oxygen atoms in total. The predicted octanol–water partition coefficient (Wildman–Crippen LogP) is 3.93. The molecule has 0 aliphatic rings. The average molecular weight is 290 g/mol. The van der Waals surface area contributed by atoms with Gasteiger partial charge in [0.25, 0.3) is 0 Å². The molecular weight excluding hydrogens is 274 g/mol. The quantitative estimate of drug-likeness (QED) is 0.899. The minimum atomic E-state index is -0.269. The number of nitrogens with one attached hydrogen (secondary N) is 2. The summed E-state index contributed by atoms with van der Waals surface area (Å²) >= 11 is 6.02. The number of carbonyl (C=O) groups is 1. The molecule has 1 aromatic carbocycles. The van der Waals surface area contributed by atoms with Crippen LogP contribution in [0.4, 0.5) is 10.5 Å². The monoisotopic (exact) mass is 289 g/mol. The lowest BCUT2D eigenvalue weighted by molar-refractivity contribution is 0.249. The van der Waals surface area contributed by atoms with Gasteiger partial charge in [0.15, 0.2) is 0 Å². The average Bonchev–Trinajstić information content (AvgIpc) is 2.44. The number of carbonyl (C=O) groups excluding carboxylic acids is 1. The van der Waals surface area contributed by atoms with Gasteiger partial charge in [-0.05, 0) is 49.2 Å². The standard InChI is InChI=1S/C15H16ClN3O/c1-10-3-4-13(9-14(10)16)19-15(20)18-11(2)12-5-7-17-8-6-12/h3-9,11H,1-2H3,(H2,18,19,20). The zero-order valence-corrected chi connectivity index (χ0v) is 12.1. The van der Waals surface area contributed by atoms with Gasteiger partial charge in [0.05, 0.1) is 6.04 Å². The van der Waals surface area contributed by atoms with Crippen molar-refractivity contribution >= 4 is 23.3 Å². The minimum Gasteiger partial charge on any atom is -0.331 e. The number of pyridine rings is 1. The Morgan fingerprint density at radius 1 is 1.25 bits per heavy atom. The summed E-state index contributed by atoms with van der Waals surface area (Å²) < 4.78 is 0. The molecule has 0 bridgehead atoms. The highest BCUT2D eigenvalue weighted by molar-refractivity contribution is 6.31. The number of halogens is 1. The van der Waals surface area contributed by atoms with Crippen molar-refractivity contribution in [1.29, 1.82) is 0 Å². The van der Waals surface area contributed by atoms with Crippen molar-refractivity contribution in [2.24, 2.45) is 0 Å². The number of rotatable bonds is 3. The second-order valence-corrected chi connectivity index (χ2v) is 4.97. The van der Waals surface area contributed by atoms with Crippen LogP contribution in [-0.4, -0.2) is 11.0 Å². The molecule has 2 amide bonds. The minimum absolute atomic E-state index is 0.0982. The first-order valence-corrected chi connectivity index (χ1v) is 6.67. The van der Waals surface area contributed by atoms with Crippen LogP contribution in [0.3, 0.4) is 0 Å². The first kappa shape index (κ1) is 14.3. The third-order valence-corrected chi connectivity index (χ3v) is 3.39. The van der Waals surface area contributed by atoms with E-state index in [0.717, 1.165) is 11.1 Å². The highest BCUT2D eigenvalue weighted by Gasteiger charge is 2.09. The number of hydrogen-bond donors (Lipinski definition) is 2. The lowest BCUT2D eigenvalue weighted by atomic mass is 10.1. The maximum Gasteiger partial charge on any atom is 0.319 e. The maximum atomic E-state index is 11.9. The van der Waals surface area contributed by atoms with Crippen LogP contribution < -0.4 is 10.6 Å². The van der Waals surface area contributed by atoms with Crippen LogP contribution in [0, 0.1) is 6.92 Å². The Morgan fingerprint density at radius 3 is 2.60 bits per heavy atom. The highest BCUT2D eigenvalue weighted by atomic mass is 35.5. The van der Waals surface area contributed by atoms with E-state index in [2.05, 4.69) is 15.6 Å². The summed E-state index contributed by atoms with van der Waals surface area (Å²) in [6, 6.07) is 8.78. The number of nitrogens with zero attached hydrogens (tertiary/aromatic N) is 1. The molecule has 104 valence electrons. The van der Waals surface area contributed by atoms with Crippen molar-refractivity contribution in [3.05, 3.63) is 58.9 Å².